The van der Waals surface area contributed by atoms with Gasteiger partial charge in [-0.1, -0.05) is 26.7 Å². The number of esters is 1. The number of aliphatic hydroxyl groups is 1. The van der Waals surface area contributed by atoms with Gasteiger partial charge in [0.05, 0.1) is 12.2 Å². The van der Waals surface area contributed by atoms with E-state index in [0.717, 1.165) is 25.7 Å². The molecular weight excluding hydrogens is 218 g/mol. The fourth-order valence-electron chi connectivity index (χ4n) is 1.80. The summed E-state index contributed by atoms with van der Waals surface area (Å²) in [7, 11) is 0. The van der Waals surface area contributed by atoms with Gasteiger partial charge in [0.15, 0.2) is 0 Å². The summed E-state index contributed by atoms with van der Waals surface area (Å²) in [5, 5.41) is 13.1. The van der Waals surface area contributed by atoms with E-state index >= 15 is 0 Å². The van der Waals surface area contributed by atoms with Crippen molar-refractivity contribution in [3.05, 3.63) is 0 Å². The molecule has 0 spiro atoms. The molecule has 2 N–H and O–H groups in total. The maximum atomic E-state index is 11.6. The summed E-state index contributed by atoms with van der Waals surface area (Å²) in [6.45, 7) is 8.46. The molecule has 0 radical (unpaired) electrons. The first-order chi connectivity index (χ1) is 7.96. The summed E-state index contributed by atoms with van der Waals surface area (Å²) in [6.07, 6.45) is 3.29. The van der Waals surface area contributed by atoms with Gasteiger partial charge in [-0.3, -0.25) is 4.79 Å². The number of hydrogen-bond acceptors (Lipinski definition) is 4. The molecule has 0 saturated carbocycles. The molecule has 0 bridgehead atoms. The second-order valence-corrected chi connectivity index (χ2v) is 4.72. The predicted octanol–water partition coefficient (Wildman–Crippen LogP) is 1.86. The lowest BCUT2D eigenvalue weighted by molar-refractivity contribution is -0.146. The number of rotatable bonds is 9. The van der Waals surface area contributed by atoms with Crippen LogP contribution in [-0.2, 0) is 9.53 Å². The third-order valence-corrected chi connectivity index (χ3v) is 2.67. The van der Waals surface area contributed by atoms with E-state index in [9.17, 15) is 9.90 Å². The van der Waals surface area contributed by atoms with Crippen LogP contribution in [0.3, 0.4) is 0 Å². The number of nitrogens with one attached hydrogen (secondary N) is 1. The molecule has 0 heterocycles. The Bertz CT molecular complexity index is 217. The highest BCUT2D eigenvalue weighted by molar-refractivity contribution is 5.75. The average Bonchev–Trinajstić information content (AvgIpc) is 2.24. The van der Waals surface area contributed by atoms with Gasteiger partial charge in [-0.2, -0.15) is 0 Å². The summed E-state index contributed by atoms with van der Waals surface area (Å²) in [6, 6.07) is -0.303. The lowest BCUT2D eigenvalue weighted by Gasteiger charge is -2.26. The van der Waals surface area contributed by atoms with Gasteiger partial charge in [0.2, 0.25) is 0 Å². The maximum absolute atomic E-state index is 11.6. The van der Waals surface area contributed by atoms with Crippen molar-refractivity contribution in [2.45, 2.75) is 65.0 Å². The molecule has 0 aliphatic carbocycles. The standard InChI is InChI=1S/C13H27NO3/c1-5-8-11(12(15)17-7-3)14-10-13(4,16)9-6-2/h11,14,16H,5-10H2,1-4H3. The van der Waals surface area contributed by atoms with E-state index in [-0.39, 0.29) is 12.0 Å². The lowest BCUT2D eigenvalue weighted by Crippen LogP contribution is -2.46. The van der Waals surface area contributed by atoms with Crippen LogP contribution in [0.1, 0.15) is 53.4 Å². The van der Waals surface area contributed by atoms with Gasteiger partial charge >= 0.3 is 5.97 Å². The first-order valence-electron chi connectivity index (χ1n) is 6.59. The molecule has 2 unspecified atom stereocenters. The van der Waals surface area contributed by atoms with Crippen molar-refractivity contribution in [2.24, 2.45) is 0 Å². The van der Waals surface area contributed by atoms with Crippen molar-refractivity contribution in [1.29, 1.82) is 0 Å². The molecule has 4 nitrogen and oxygen atoms in total. The Kier molecular flexibility index (Phi) is 8.17. The van der Waals surface area contributed by atoms with Crippen molar-refractivity contribution in [2.75, 3.05) is 13.2 Å². The van der Waals surface area contributed by atoms with Crippen molar-refractivity contribution in [3.63, 3.8) is 0 Å². The molecule has 0 aromatic rings. The first kappa shape index (κ1) is 16.4. The summed E-state index contributed by atoms with van der Waals surface area (Å²) >= 11 is 0. The molecule has 0 aliphatic heterocycles. The smallest absolute Gasteiger partial charge is 0.323 e. The second-order valence-electron chi connectivity index (χ2n) is 4.72. The molecule has 0 aromatic heterocycles. The molecule has 0 aromatic carbocycles. The minimum Gasteiger partial charge on any atom is -0.465 e. The normalized spacial score (nSPS) is 16.3. The molecule has 0 amide bonds. The van der Waals surface area contributed by atoms with Gasteiger partial charge in [0.25, 0.3) is 0 Å². The van der Waals surface area contributed by atoms with Crippen LogP contribution >= 0.6 is 0 Å². The highest BCUT2D eigenvalue weighted by atomic mass is 16.5. The van der Waals surface area contributed by atoms with Crippen LogP contribution < -0.4 is 5.32 Å². The maximum Gasteiger partial charge on any atom is 0.323 e. The first-order valence-corrected chi connectivity index (χ1v) is 6.59. The molecule has 17 heavy (non-hydrogen) atoms. The largest absolute Gasteiger partial charge is 0.465 e. The van der Waals surface area contributed by atoms with Crippen molar-refractivity contribution in [3.8, 4) is 0 Å². The fraction of sp³-hybridized carbons (Fsp3) is 0.923. The van der Waals surface area contributed by atoms with Crippen LogP contribution in [0.15, 0.2) is 0 Å². The molecule has 4 heteroatoms. The van der Waals surface area contributed by atoms with E-state index in [4.69, 9.17) is 4.74 Å². The van der Waals surface area contributed by atoms with Crippen LogP contribution in [-0.4, -0.2) is 35.9 Å². The Morgan fingerprint density at radius 1 is 1.35 bits per heavy atom. The van der Waals surface area contributed by atoms with E-state index in [1.54, 1.807) is 13.8 Å². The molecular formula is C13H27NO3. The predicted molar refractivity (Wildman–Crippen MR) is 68.9 cm³/mol. The molecule has 0 fully saturated rings. The number of hydrogen-bond donors (Lipinski definition) is 2. The molecule has 102 valence electrons. The lowest BCUT2D eigenvalue weighted by atomic mass is 10.00. The third kappa shape index (κ3) is 7.34. The molecule has 2 atom stereocenters. The van der Waals surface area contributed by atoms with E-state index in [0.29, 0.717) is 13.2 Å². The minimum absolute atomic E-state index is 0.221. The van der Waals surface area contributed by atoms with Gasteiger partial charge in [-0.15, -0.1) is 0 Å². The van der Waals surface area contributed by atoms with Gasteiger partial charge in [-0.05, 0) is 26.7 Å². The number of carbonyl (C=O) groups excluding carboxylic acids is 1. The zero-order valence-corrected chi connectivity index (χ0v) is 11.6. The molecule has 0 rings (SSSR count). The Morgan fingerprint density at radius 3 is 2.47 bits per heavy atom. The summed E-state index contributed by atoms with van der Waals surface area (Å²) < 4.78 is 5.00. The van der Waals surface area contributed by atoms with Crippen molar-refractivity contribution >= 4 is 5.97 Å². The third-order valence-electron chi connectivity index (χ3n) is 2.67. The zero-order valence-electron chi connectivity index (χ0n) is 11.6. The number of carbonyl (C=O) groups is 1. The van der Waals surface area contributed by atoms with Crippen LogP contribution in [0.25, 0.3) is 0 Å². The van der Waals surface area contributed by atoms with E-state index < -0.39 is 5.60 Å². The van der Waals surface area contributed by atoms with Crippen molar-refractivity contribution < 1.29 is 14.6 Å². The zero-order chi connectivity index (χ0) is 13.3. The van der Waals surface area contributed by atoms with E-state index in [1.807, 2.05) is 13.8 Å². The van der Waals surface area contributed by atoms with Gasteiger partial charge < -0.3 is 15.2 Å². The Hall–Kier alpha value is -0.610. The molecule has 0 aliphatic rings. The van der Waals surface area contributed by atoms with Crippen LogP contribution in [0.2, 0.25) is 0 Å². The Balaban J connectivity index is 4.20. The highest BCUT2D eigenvalue weighted by Gasteiger charge is 2.24. The Labute approximate surface area is 105 Å². The highest BCUT2D eigenvalue weighted by Crippen LogP contribution is 2.11. The minimum atomic E-state index is -0.757. The second kappa shape index (κ2) is 8.48. The van der Waals surface area contributed by atoms with Crippen molar-refractivity contribution in [1.82, 2.24) is 5.32 Å². The monoisotopic (exact) mass is 245 g/mol. The van der Waals surface area contributed by atoms with Gasteiger partial charge in [-0.25, -0.2) is 0 Å². The summed E-state index contributed by atoms with van der Waals surface area (Å²) in [5.74, 6) is -0.221. The van der Waals surface area contributed by atoms with Crippen LogP contribution in [0, 0.1) is 0 Å². The average molecular weight is 245 g/mol. The van der Waals surface area contributed by atoms with E-state index in [2.05, 4.69) is 5.32 Å². The number of ether oxygens (including phenoxy) is 1. The van der Waals surface area contributed by atoms with Gasteiger partial charge in [0.1, 0.15) is 6.04 Å². The quantitative estimate of drug-likeness (QED) is 0.609. The Morgan fingerprint density at radius 2 is 2.00 bits per heavy atom. The SMILES string of the molecule is CCCC(NCC(C)(O)CCC)C(=O)OCC. The van der Waals surface area contributed by atoms with Crippen LogP contribution in [0.4, 0.5) is 0 Å². The fourth-order valence-corrected chi connectivity index (χ4v) is 1.80. The topological polar surface area (TPSA) is 58.6 Å². The molecule has 0 saturated heterocycles. The van der Waals surface area contributed by atoms with Crippen LogP contribution in [0.5, 0.6) is 0 Å². The van der Waals surface area contributed by atoms with Gasteiger partial charge in [0, 0.05) is 6.54 Å². The summed E-state index contributed by atoms with van der Waals surface area (Å²) in [4.78, 5) is 11.6. The van der Waals surface area contributed by atoms with E-state index in [1.165, 1.54) is 0 Å². The summed E-state index contributed by atoms with van der Waals surface area (Å²) in [5.41, 5.74) is -0.757.